The van der Waals surface area contributed by atoms with Crippen molar-refractivity contribution in [2.75, 3.05) is 0 Å². The molecule has 0 fully saturated rings. The molecule has 1 aromatic carbocycles. The Hall–Kier alpha value is -1.09. The third kappa shape index (κ3) is 3.51. The lowest BCUT2D eigenvalue weighted by Gasteiger charge is -2.23. The van der Waals surface area contributed by atoms with Gasteiger partial charge in [-0.15, -0.1) is 0 Å². The van der Waals surface area contributed by atoms with Crippen molar-refractivity contribution in [3.8, 4) is 5.75 Å². The fraction of sp³-hybridized carbons (Fsp3) is 0.417. The molecule has 0 amide bonds. The van der Waals surface area contributed by atoms with Gasteiger partial charge in [0, 0.05) is 0 Å². The smallest absolute Gasteiger partial charge is 0.130 e. The predicted molar refractivity (Wildman–Crippen MR) is 67.4 cm³/mol. The van der Waals surface area contributed by atoms with Gasteiger partial charge in [-0.2, -0.15) is 0 Å². The quantitative estimate of drug-likeness (QED) is 0.783. The lowest BCUT2D eigenvalue weighted by molar-refractivity contribution is 0.130. The summed E-state index contributed by atoms with van der Waals surface area (Å²) in [5.41, 5.74) is 7.32. The second-order valence-corrected chi connectivity index (χ2v) is 5.02. The Morgan fingerprint density at radius 1 is 1.33 bits per heavy atom. The Morgan fingerprint density at radius 2 is 1.93 bits per heavy atom. The number of thiocarbonyl (C=S) groups is 1. The molecule has 0 heterocycles. The number of rotatable bonds is 2. The SMILES string of the molecule is Cc1ccc(C(N)=S)c(OC(C)(C)C)c1. The van der Waals surface area contributed by atoms with Crippen LogP contribution in [0.5, 0.6) is 5.75 Å². The van der Waals surface area contributed by atoms with E-state index in [1.54, 1.807) is 0 Å². The Balaban J connectivity index is 3.13. The number of ether oxygens (including phenoxy) is 1. The maximum atomic E-state index is 5.81. The minimum Gasteiger partial charge on any atom is -0.487 e. The standard InChI is InChI=1S/C12H17NOS/c1-8-5-6-9(11(13)15)10(7-8)14-12(2,3)4/h5-7H,1-4H3,(H2,13,15). The molecule has 0 aromatic heterocycles. The molecule has 2 nitrogen and oxygen atoms in total. The van der Waals surface area contributed by atoms with Crippen molar-refractivity contribution < 1.29 is 4.74 Å². The molecule has 0 bridgehead atoms. The number of benzene rings is 1. The molecule has 82 valence electrons. The van der Waals surface area contributed by atoms with Crippen molar-refractivity contribution in [1.82, 2.24) is 0 Å². The Kier molecular flexibility index (Phi) is 3.35. The minimum absolute atomic E-state index is 0.243. The summed E-state index contributed by atoms with van der Waals surface area (Å²) in [4.78, 5) is 0.370. The molecule has 0 atom stereocenters. The summed E-state index contributed by atoms with van der Waals surface area (Å²) in [6, 6.07) is 5.84. The van der Waals surface area contributed by atoms with Crippen molar-refractivity contribution in [2.45, 2.75) is 33.3 Å². The van der Waals surface area contributed by atoms with Gasteiger partial charge in [0.05, 0.1) is 5.56 Å². The van der Waals surface area contributed by atoms with Gasteiger partial charge in [-0.3, -0.25) is 0 Å². The molecule has 0 unspecified atom stereocenters. The summed E-state index contributed by atoms with van der Waals surface area (Å²) in [5, 5.41) is 0. The highest BCUT2D eigenvalue weighted by molar-refractivity contribution is 7.80. The van der Waals surface area contributed by atoms with Crippen molar-refractivity contribution in [3.63, 3.8) is 0 Å². The first-order valence-corrected chi connectivity index (χ1v) is 5.30. The zero-order valence-electron chi connectivity index (χ0n) is 9.63. The number of nitrogens with two attached hydrogens (primary N) is 1. The minimum atomic E-state index is -0.243. The predicted octanol–water partition coefficient (Wildman–Crippen LogP) is 2.81. The molecule has 2 N–H and O–H groups in total. The molecular formula is C12H17NOS. The first-order valence-electron chi connectivity index (χ1n) is 4.89. The van der Waals surface area contributed by atoms with Crippen LogP contribution in [0.1, 0.15) is 31.9 Å². The Morgan fingerprint density at radius 3 is 2.40 bits per heavy atom. The average molecular weight is 223 g/mol. The summed E-state index contributed by atoms with van der Waals surface area (Å²) in [7, 11) is 0. The van der Waals surface area contributed by atoms with Gasteiger partial charge in [0.15, 0.2) is 0 Å². The molecule has 0 saturated heterocycles. The monoisotopic (exact) mass is 223 g/mol. The second kappa shape index (κ2) is 4.19. The van der Waals surface area contributed by atoms with Crippen LogP contribution >= 0.6 is 12.2 Å². The normalized spacial score (nSPS) is 11.2. The van der Waals surface area contributed by atoms with Gasteiger partial charge in [0.25, 0.3) is 0 Å². The van der Waals surface area contributed by atoms with E-state index in [1.807, 2.05) is 45.9 Å². The van der Waals surface area contributed by atoms with Crippen LogP contribution in [0.2, 0.25) is 0 Å². The fourth-order valence-electron chi connectivity index (χ4n) is 1.25. The molecule has 0 aliphatic rings. The van der Waals surface area contributed by atoms with Crippen molar-refractivity contribution in [1.29, 1.82) is 0 Å². The molecule has 1 rings (SSSR count). The van der Waals surface area contributed by atoms with Gasteiger partial charge in [-0.1, -0.05) is 18.3 Å². The van der Waals surface area contributed by atoms with Gasteiger partial charge >= 0.3 is 0 Å². The summed E-state index contributed by atoms with van der Waals surface area (Å²) in [6.07, 6.45) is 0. The molecule has 0 aliphatic carbocycles. The highest BCUT2D eigenvalue weighted by Gasteiger charge is 2.15. The number of aryl methyl sites for hydroxylation is 1. The molecule has 0 saturated carbocycles. The zero-order valence-corrected chi connectivity index (χ0v) is 10.4. The Bertz CT molecular complexity index is 380. The summed E-state index contributed by atoms with van der Waals surface area (Å²) in [5.74, 6) is 0.759. The summed E-state index contributed by atoms with van der Waals surface area (Å²) in [6.45, 7) is 8.01. The van der Waals surface area contributed by atoms with Crippen molar-refractivity contribution in [2.24, 2.45) is 5.73 Å². The van der Waals surface area contributed by atoms with Crippen LogP contribution < -0.4 is 10.5 Å². The van der Waals surface area contributed by atoms with E-state index >= 15 is 0 Å². The van der Waals surface area contributed by atoms with Crippen molar-refractivity contribution >= 4 is 17.2 Å². The third-order valence-electron chi connectivity index (χ3n) is 1.82. The summed E-state index contributed by atoms with van der Waals surface area (Å²) >= 11 is 4.98. The van der Waals surface area contributed by atoms with Crippen LogP contribution in [0.4, 0.5) is 0 Å². The van der Waals surface area contributed by atoms with E-state index in [4.69, 9.17) is 22.7 Å². The average Bonchev–Trinajstić information content (AvgIpc) is 1.99. The van der Waals surface area contributed by atoms with Crippen LogP contribution in [0.3, 0.4) is 0 Å². The van der Waals surface area contributed by atoms with Crippen LogP contribution in [0.15, 0.2) is 18.2 Å². The van der Waals surface area contributed by atoms with E-state index in [-0.39, 0.29) is 5.60 Å². The third-order valence-corrected chi connectivity index (χ3v) is 2.04. The molecule has 15 heavy (non-hydrogen) atoms. The lowest BCUT2D eigenvalue weighted by atomic mass is 10.1. The van der Waals surface area contributed by atoms with E-state index in [0.717, 1.165) is 16.9 Å². The van der Waals surface area contributed by atoms with Gasteiger partial charge in [-0.25, -0.2) is 0 Å². The van der Waals surface area contributed by atoms with E-state index < -0.39 is 0 Å². The topological polar surface area (TPSA) is 35.2 Å². The van der Waals surface area contributed by atoms with Crippen LogP contribution in [-0.4, -0.2) is 10.6 Å². The molecule has 3 heteroatoms. The molecular weight excluding hydrogens is 206 g/mol. The molecule has 1 aromatic rings. The largest absolute Gasteiger partial charge is 0.487 e. The van der Waals surface area contributed by atoms with Crippen LogP contribution in [-0.2, 0) is 0 Å². The van der Waals surface area contributed by atoms with E-state index in [2.05, 4.69) is 0 Å². The summed E-state index contributed by atoms with van der Waals surface area (Å²) < 4.78 is 5.81. The molecule has 0 aliphatic heterocycles. The van der Waals surface area contributed by atoms with Crippen molar-refractivity contribution in [3.05, 3.63) is 29.3 Å². The maximum Gasteiger partial charge on any atom is 0.130 e. The first kappa shape index (κ1) is 12.0. The van der Waals surface area contributed by atoms with E-state index in [9.17, 15) is 0 Å². The maximum absolute atomic E-state index is 5.81. The van der Waals surface area contributed by atoms with Crippen LogP contribution in [0, 0.1) is 6.92 Å². The Labute approximate surface area is 96.4 Å². The van der Waals surface area contributed by atoms with Gasteiger partial charge in [0.2, 0.25) is 0 Å². The van der Waals surface area contributed by atoms with Gasteiger partial charge in [0.1, 0.15) is 16.3 Å². The number of hydrogen-bond acceptors (Lipinski definition) is 2. The van der Waals surface area contributed by atoms with Gasteiger partial charge < -0.3 is 10.5 Å². The second-order valence-electron chi connectivity index (χ2n) is 4.58. The number of hydrogen-bond donors (Lipinski definition) is 1. The van der Waals surface area contributed by atoms with Crippen LogP contribution in [0.25, 0.3) is 0 Å². The fourth-order valence-corrected chi connectivity index (χ4v) is 1.42. The van der Waals surface area contributed by atoms with E-state index in [0.29, 0.717) is 4.99 Å². The van der Waals surface area contributed by atoms with Gasteiger partial charge in [-0.05, 0) is 45.4 Å². The highest BCUT2D eigenvalue weighted by atomic mass is 32.1. The molecule has 0 radical (unpaired) electrons. The lowest BCUT2D eigenvalue weighted by Crippen LogP contribution is -2.25. The first-order chi connectivity index (χ1) is 6.79. The highest BCUT2D eigenvalue weighted by Crippen LogP contribution is 2.24. The van der Waals surface area contributed by atoms with E-state index in [1.165, 1.54) is 0 Å². The zero-order chi connectivity index (χ0) is 11.6. The molecule has 0 spiro atoms.